The van der Waals surface area contributed by atoms with Crippen LogP contribution in [0.3, 0.4) is 0 Å². The lowest BCUT2D eigenvalue weighted by atomic mass is 10.2. The summed E-state index contributed by atoms with van der Waals surface area (Å²) in [7, 11) is 0. The molecule has 0 fully saturated rings. The standard InChI is InChI=1S/C11H15N3S2/c1-7(2)4-12-11-14-9(5-15-11)10-8(3)13-6-16-10/h5-7H,4H2,1-3H3,(H,12,14). The molecule has 0 bridgehead atoms. The molecular weight excluding hydrogens is 238 g/mol. The monoisotopic (exact) mass is 253 g/mol. The summed E-state index contributed by atoms with van der Waals surface area (Å²) in [5.74, 6) is 0.637. The fourth-order valence-corrected chi connectivity index (χ4v) is 2.85. The number of thiazole rings is 2. The second-order valence-corrected chi connectivity index (χ2v) is 5.79. The second kappa shape index (κ2) is 4.93. The van der Waals surface area contributed by atoms with Gasteiger partial charge in [0.2, 0.25) is 0 Å². The molecule has 2 heterocycles. The number of nitrogens with zero attached hydrogens (tertiary/aromatic N) is 2. The zero-order valence-electron chi connectivity index (χ0n) is 9.65. The van der Waals surface area contributed by atoms with Crippen molar-refractivity contribution in [2.24, 2.45) is 5.92 Å². The van der Waals surface area contributed by atoms with E-state index in [-0.39, 0.29) is 0 Å². The predicted molar refractivity (Wildman–Crippen MR) is 71.3 cm³/mol. The van der Waals surface area contributed by atoms with Crippen LogP contribution in [0.5, 0.6) is 0 Å². The van der Waals surface area contributed by atoms with Gasteiger partial charge in [0.1, 0.15) is 0 Å². The Morgan fingerprint density at radius 2 is 2.19 bits per heavy atom. The highest BCUT2D eigenvalue weighted by molar-refractivity contribution is 7.15. The Morgan fingerprint density at radius 3 is 2.81 bits per heavy atom. The first kappa shape index (κ1) is 11.5. The lowest BCUT2D eigenvalue weighted by molar-refractivity contribution is 0.688. The van der Waals surface area contributed by atoms with Gasteiger partial charge in [-0.2, -0.15) is 0 Å². The number of hydrogen-bond donors (Lipinski definition) is 1. The fourth-order valence-electron chi connectivity index (χ4n) is 1.30. The quantitative estimate of drug-likeness (QED) is 0.904. The van der Waals surface area contributed by atoms with Crippen molar-refractivity contribution in [2.45, 2.75) is 20.8 Å². The van der Waals surface area contributed by atoms with Crippen LogP contribution in [0.4, 0.5) is 5.13 Å². The van der Waals surface area contributed by atoms with Gasteiger partial charge in [0.25, 0.3) is 0 Å². The number of nitrogens with one attached hydrogen (secondary N) is 1. The molecular formula is C11H15N3S2. The maximum absolute atomic E-state index is 4.56. The number of rotatable bonds is 4. The summed E-state index contributed by atoms with van der Waals surface area (Å²) >= 11 is 3.30. The normalized spacial score (nSPS) is 11.0. The average molecular weight is 253 g/mol. The zero-order valence-corrected chi connectivity index (χ0v) is 11.3. The molecule has 86 valence electrons. The van der Waals surface area contributed by atoms with E-state index in [0.29, 0.717) is 5.92 Å². The van der Waals surface area contributed by atoms with E-state index in [1.807, 2.05) is 12.4 Å². The summed E-state index contributed by atoms with van der Waals surface area (Å²) in [6.07, 6.45) is 0. The van der Waals surface area contributed by atoms with Crippen molar-refractivity contribution in [1.29, 1.82) is 0 Å². The summed E-state index contributed by atoms with van der Waals surface area (Å²) in [5, 5.41) is 6.42. The molecule has 2 aromatic rings. The van der Waals surface area contributed by atoms with E-state index in [2.05, 4.69) is 34.5 Å². The maximum atomic E-state index is 4.56. The third-order valence-electron chi connectivity index (χ3n) is 2.14. The number of aryl methyl sites for hydroxylation is 1. The Balaban J connectivity index is 2.11. The van der Waals surface area contributed by atoms with Crippen LogP contribution in [0, 0.1) is 12.8 Å². The van der Waals surface area contributed by atoms with Crippen molar-refractivity contribution >= 4 is 27.8 Å². The summed E-state index contributed by atoms with van der Waals surface area (Å²) in [4.78, 5) is 9.98. The van der Waals surface area contributed by atoms with Crippen molar-refractivity contribution in [3.8, 4) is 10.6 Å². The van der Waals surface area contributed by atoms with Crippen LogP contribution < -0.4 is 5.32 Å². The molecule has 0 radical (unpaired) electrons. The molecule has 16 heavy (non-hydrogen) atoms. The van der Waals surface area contributed by atoms with Gasteiger partial charge in [0.15, 0.2) is 5.13 Å². The predicted octanol–water partition coefficient (Wildman–Crippen LogP) is 3.64. The minimum absolute atomic E-state index is 0.637. The SMILES string of the molecule is Cc1ncsc1-c1csc(NCC(C)C)n1. The van der Waals surface area contributed by atoms with E-state index in [1.165, 1.54) is 4.88 Å². The number of aromatic nitrogens is 2. The Bertz CT molecular complexity index is 459. The van der Waals surface area contributed by atoms with Gasteiger partial charge in [-0.05, 0) is 12.8 Å². The molecule has 0 aliphatic rings. The van der Waals surface area contributed by atoms with Gasteiger partial charge in [-0.25, -0.2) is 9.97 Å². The van der Waals surface area contributed by atoms with Gasteiger partial charge >= 0.3 is 0 Å². The Kier molecular flexibility index (Phi) is 3.56. The summed E-state index contributed by atoms with van der Waals surface area (Å²) in [6, 6.07) is 0. The van der Waals surface area contributed by atoms with Crippen LogP contribution in [0.25, 0.3) is 10.6 Å². The minimum Gasteiger partial charge on any atom is -0.361 e. The van der Waals surface area contributed by atoms with Crippen LogP contribution in [-0.2, 0) is 0 Å². The summed E-state index contributed by atoms with van der Waals surface area (Å²) in [5.41, 5.74) is 3.97. The number of hydrogen-bond acceptors (Lipinski definition) is 5. The highest BCUT2D eigenvalue weighted by atomic mass is 32.1. The van der Waals surface area contributed by atoms with Crippen LogP contribution in [0.2, 0.25) is 0 Å². The minimum atomic E-state index is 0.637. The second-order valence-electron chi connectivity index (χ2n) is 4.08. The van der Waals surface area contributed by atoms with Gasteiger partial charge in [0, 0.05) is 11.9 Å². The lowest BCUT2D eigenvalue weighted by Gasteiger charge is -2.04. The molecule has 0 unspecified atom stereocenters. The Labute approximate surface area is 104 Å². The molecule has 0 amide bonds. The molecule has 5 heteroatoms. The van der Waals surface area contributed by atoms with Crippen LogP contribution in [0.1, 0.15) is 19.5 Å². The topological polar surface area (TPSA) is 37.8 Å². The van der Waals surface area contributed by atoms with Crippen molar-refractivity contribution in [1.82, 2.24) is 9.97 Å². The van der Waals surface area contributed by atoms with Crippen LogP contribution in [-0.4, -0.2) is 16.5 Å². The Morgan fingerprint density at radius 1 is 1.38 bits per heavy atom. The first-order chi connectivity index (χ1) is 7.66. The van der Waals surface area contributed by atoms with Crippen molar-refractivity contribution < 1.29 is 0 Å². The van der Waals surface area contributed by atoms with E-state index in [4.69, 9.17) is 0 Å². The molecule has 3 nitrogen and oxygen atoms in total. The molecule has 1 N–H and O–H groups in total. The zero-order chi connectivity index (χ0) is 11.5. The summed E-state index contributed by atoms with van der Waals surface area (Å²) in [6.45, 7) is 7.37. The third kappa shape index (κ3) is 2.59. The van der Waals surface area contributed by atoms with E-state index < -0.39 is 0 Å². The maximum Gasteiger partial charge on any atom is 0.183 e. The van der Waals surface area contributed by atoms with E-state index >= 15 is 0 Å². The first-order valence-electron chi connectivity index (χ1n) is 5.26. The largest absolute Gasteiger partial charge is 0.361 e. The molecule has 0 saturated carbocycles. The molecule has 0 atom stereocenters. The van der Waals surface area contributed by atoms with Gasteiger partial charge in [-0.1, -0.05) is 13.8 Å². The third-order valence-corrected chi connectivity index (χ3v) is 3.89. The Hall–Kier alpha value is -0.940. The van der Waals surface area contributed by atoms with Crippen LogP contribution in [0.15, 0.2) is 10.9 Å². The molecule has 0 aromatic carbocycles. The first-order valence-corrected chi connectivity index (χ1v) is 7.02. The van der Waals surface area contributed by atoms with Gasteiger partial charge in [0.05, 0.1) is 21.8 Å². The van der Waals surface area contributed by atoms with Crippen molar-refractivity contribution in [3.63, 3.8) is 0 Å². The number of anilines is 1. The smallest absolute Gasteiger partial charge is 0.183 e. The van der Waals surface area contributed by atoms with E-state index in [1.54, 1.807) is 22.7 Å². The lowest BCUT2D eigenvalue weighted by Crippen LogP contribution is -2.07. The van der Waals surface area contributed by atoms with Crippen molar-refractivity contribution in [3.05, 3.63) is 16.6 Å². The van der Waals surface area contributed by atoms with Crippen LogP contribution >= 0.6 is 22.7 Å². The molecule has 0 spiro atoms. The highest BCUT2D eigenvalue weighted by Gasteiger charge is 2.09. The van der Waals surface area contributed by atoms with Gasteiger partial charge in [-0.15, -0.1) is 22.7 Å². The average Bonchev–Trinajstić information content (AvgIpc) is 2.83. The molecule has 2 aromatic heterocycles. The highest BCUT2D eigenvalue weighted by Crippen LogP contribution is 2.30. The van der Waals surface area contributed by atoms with Crippen molar-refractivity contribution in [2.75, 3.05) is 11.9 Å². The van der Waals surface area contributed by atoms with Gasteiger partial charge in [-0.3, -0.25) is 0 Å². The van der Waals surface area contributed by atoms with E-state index in [0.717, 1.165) is 23.1 Å². The van der Waals surface area contributed by atoms with Gasteiger partial charge < -0.3 is 5.32 Å². The van der Waals surface area contributed by atoms with E-state index in [9.17, 15) is 0 Å². The molecule has 0 saturated heterocycles. The molecule has 2 rings (SSSR count). The molecule has 0 aliphatic heterocycles. The molecule has 0 aliphatic carbocycles. The summed E-state index contributed by atoms with van der Waals surface area (Å²) < 4.78 is 0. The fraction of sp³-hybridized carbons (Fsp3) is 0.455.